The van der Waals surface area contributed by atoms with E-state index in [1.165, 1.54) is 18.3 Å². The Hall–Kier alpha value is -2.87. The standard InChI is InChI=1S/C18H19N5O2S/c1-11(2)16-21-13(10-26-16)9-23(3)18-20-7-5-14(22-18)15-8-12(17(24)25)4-6-19-15/h4-8,10-11H,9H2,1-3H3,(H,24,25). The van der Waals surface area contributed by atoms with Gasteiger partial charge in [0.25, 0.3) is 0 Å². The van der Waals surface area contributed by atoms with Gasteiger partial charge in [-0.15, -0.1) is 11.3 Å². The topological polar surface area (TPSA) is 92.1 Å². The van der Waals surface area contributed by atoms with Crippen molar-refractivity contribution in [1.82, 2.24) is 19.9 Å². The van der Waals surface area contributed by atoms with Crippen LogP contribution in [0, 0.1) is 0 Å². The summed E-state index contributed by atoms with van der Waals surface area (Å²) < 4.78 is 0. The number of carboxylic acid groups (broad SMARTS) is 1. The first-order chi connectivity index (χ1) is 12.4. The maximum absolute atomic E-state index is 11.1. The fraction of sp³-hybridized carbons (Fsp3) is 0.278. The maximum atomic E-state index is 11.1. The quantitative estimate of drug-likeness (QED) is 0.711. The van der Waals surface area contributed by atoms with Gasteiger partial charge in [0.2, 0.25) is 5.95 Å². The molecule has 8 heteroatoms. The largest absolute Gasteiger partial charge is 0.478 e. The van der Waals surface area contributed by atoms with Gasteiger partial charge in [0.05, 0.1) is 34.2 Å². The van der Waals surface area contributed by atoms with Crippen molar-refractivity contribution in [3.05, 3.63) is 52.2 Å². The number of anilines is 1. The zero-order chi connectivity index (χ0) is 18.7. The predicted octanol–water partition coefficient (Wildman–Crippen LogP) is 3.45. The summed E-state index contributed by atoms with van der Waals surface area (Å²) in [6, 6.07) is 4.67. The minimum atomic E-state index is -0.996. The first-order valence-electron chi connectivity index (χ1n) is 8.12. The van der Waals surface area contributed by atoms with E-state index in [4.69, 9.17) is 5.11 Å². The molecule has 0 atom stereocenters. The van der Waals surface area contributed by atoms with Crippen LogP contribution in [0.15, 0.2) is 36.0 Å². The number of thiazole rings is 1. The second-order valence-corrected chi connectivity index (χ2v) is 7.05. The number of nitrogens with zero attached hydrogens (tertiary/aromatic N) is 5. The fourth-order valence-corrected chi connectivity index (χ4v) is 3.18. The number of rotatable bonds is 6. The summed E-state index contributed by atoms with van der Waals surface area (Å²) in [5, 5.41) is 12.3. The van der Waals surface area contributed by atoms with Crippen LogP contribution in [0.5, 0.6) is 0 Å². The zero-order valence-electron chi connectivity index (χ0n) is 14.7. The van der Waals surface area contributed by atoms with E-state index in [0.29, 0.717) is 29.8 Å². The highest BCUT2D eigenvalue weighted by Gasteiger charge is 2.12. The van der Waals surface area contributed by atoms with Crippen molar-refractivity contribution < 1.29 is 9.90 Å². The molecule has 1 N–H and O–H groups in total. The second kappa shape index (κ2) is 7.57. The van der Waals surface area contributed by atoms with Crippen LogP contribution in [0.25, 0.3) is 11.4 Å². The number of carboxylic acids is 1. The van der Waals surface area contributed by atoms with Crippen molar-refractivity contribution in [2.75, 3.05) is 11.9 Å². The third kappa shape index (κ3) is 4.02. The molecule has 3 aromatic heterocycles. The maximum Gasteiger partial charge on any atom is 0.335 e. The van der Waals surface area contributed by atoms with E-state index in [2.05, 4.69) is 33.8 Å². The SMILES string of the molecule is CC(C)c1nc(CN(C)c2nccc(-c3cc(C(=O)O)ccn3)n2)cs1. The molecule has 0 spiro atoms. The lowest BCUT2D eigenvalue weighted by Crippen LogP contribution is -2.19. The average Bonchev–Trinajstić information content (AvgIpc) is 3.11. The molecule has 0 aliphatic carbocycles. The highest BCUT2D eigenvalue weighted by atomic mass is 32.1. The number of hydrogen-bond donors (Lipinski definition) is 1. The van der Waals surface area contributed by atoms with E-state index < -0.39 is 5.97 Å². The Morgan fingerprint density at radius 2 is 1.96 bits per heavy atom. The third-order valence-corrected chi connectivity index (χ3v) is 4.91. The summed E-state index contributed by atoms with van der Waals surface area (Å²) >= 11 is 1.65. The van der Waals surface area contributed by atoms with Crippen LogP contribution in [0.1, 0.15) is 40.8 Å². The number of carbonyl (C=O) groups is 1. The van der Waals surface area contributed by atoms with Crippen LogP contribution >= 0.6 is 11.3 Å². The number of hydrogen-bond acceptors (Lipinski definition) is 7. The molecule has 0 aromatic carbocycles. The van der Waals surface area contributed by atoms with E-state index in [1.54, 1.807) is 23.6 Å². The van der Waals surface area contributed by atoms with Crippen LogP contribution in [0.2, 0.25) is 0 Å². The lowest BCUT2D eigenvalue weighted by atomic mass is 10.2. The summed E-state index contributed by atoms with van der Waals surface area (Å²) in [4.78, 5) is 30.7. The van der Waals surface area contributed by atoms with Crippen LogP contribution < -0.4 is 4.90 Å². The molecule has 7 nitrogen and oxygen atoms in total. The molecule has 0 aliphatic rings. The Bertz CT molecular complexity index is 925. The zero-order valence-corrected chi connectivity index (χ0v) is 15.6. The molecule has 0 unspecified atom stereocenters. The third-order valence-electron chi connectivity index (χ3n) is 3.72. The average molecular weight is 369 g/mol. The van der Waals surface area contributed by atoms with Gasteiger partial charge in [-0.25, -0.2) is 19.7 Å². The molecule has 0 bridgehead atoms. The molecule has 0 amide bonds. The lowest BCUT2D eigenvalue weighted by molar-refractivity contribution is 0.0697. The van der Waals surface area contributed by atoms with E-state index in [-0.39, 0.29) is 5.56 Å². The van der Waals surface area contributed by atoms with Crippen molar-refractivity contribution in [3.8, 4) is 11.4 Å². The van der Waals surface area contributed by atoms with Crippen molar-refractivity contribution in [2.45, 2.75) is 26.3 Å². The summed E-state index contributed by atoms with van der Waals surface area (Å²) in [5.41, 5.74) is 2.22. The lowest BCUT2D eigenvalue weighted by Gasteiger charge is -2.16. The van der Waals surface area contributed by atoms with Gasteiger partial charge in [0.1, 0.15) is 0 Å². The van der Waals surface area contributed by atoms with Gasteiger partial charge in [-0.2, -0.15) is 0 Å². The highest BCUT2D eigenvalue weighted by Crippen LogP contribution is 2.22. The smallest absolute Gasteiger partial charge is 0.335 e. The van der Waals surface area contributed by atoms with Gasteiger partial charge in [0.15, 0.2) is 0 Å². The van der Waals surface area contributed by atoms with Gasteiger partial charge in [-0.3, -0.25) is 4.98 Å². The molecule has 3 aromatic rings. The minimum absolute atomic E-state index is 0.173. The Morgan fingerprint density at radius 1 is 1.19 bits per heavy atom. The van der Waals surface area contributed by atoms with Crippen molar-refractivity contribution in [3.63, 3.8) is 0 Å². The van der Waals surface area contributed by atoms with Crippen LogP contribution in [0.3, 0.4) is 0 Å². The van der Waals surface area contributed by atoms with E-state index in [1.807, 2.05) is 17.3 Å². The molecule has 26 heavy (non-hydrogen) atoms. The van der Waals surface area contributed by atoms with Crippen LogP contribution in [-0.2, 0) is 6.54 Å². The van der Waals surface area contributed by atoms with E-state index in [0.717, 1.165) is 10.7 Å². The Balaban J connectivity index is 1.82. The molecular formula is C18H19N5O2S. The van der Waals surface area contributed by atoms with Crippen molar-refractivity contribution in [1.29, 1.82) is 0 Å². The summed E-state index contributed by atoms with van der Waals surface area (Å²) in [6.07, 6.45) is 3.11. The van der Waals surface area contributed by atoms with Crippen LogP contribution in [0.4, 0.5) is 5.95 Å². The van der Waals surface area contributed by atoms with E-state index >= 15 is 0 Å². The summed E-state index contributed by atoms with van der Waals surface area (Å²) in [7, 11) is 1.90. The Labute approximate surface area is 155 Å². The predicted molar refractivity (Wildman–Crippen MR) is 101 cm³/mol. The summed E-state index contributed by atoms with van der Waals surface area (Å²) in [6.45, 7) is 4.84. The Morgan fingerprint density at radius 3 is 2.65 bits per heavy atom. The van der Waals surface area contributed by atoms with Crippen molar-refractivity contribution >= 4 is 23.3 Å². The molecule has 0 fully saturated rings. The van der Waals surface area contributed by atoms with Crippen LogP contribution in [-0.4, -0.2) is 38.1 Å². The second-order valence-electron chi connectivity index (χ2n) is 6.16. The van der Waals surface area contributed by atoms with Gasteiger partial charge in [-0.1, -0.05) is 13.8 Å². The molecule has 0 aliphatic heterocycles. The number of aromatic nitrogens is 4. The molecule has 3 heterocycles. The molecule has 0 saturated carbocycles. The van der Waals surface area contributed by atoms with Gasteiger partial charge >= 0.3 is 5.97 Å². The molecular weight excluding hydrogens is 350 g/mol. The fourth-order valence-electron chi connectivity index (χ4n) is 2.35. The minimum Gasteiger partial charge on any atom is -0.478 e. The van der Waals surface area contributed by atoms with E-state index in [9.17, 15) is 4.79 Å². The first-order valence-corrected chi connectivity index (χ1v) is 9.00. The summed E-state index contributed by atoms with van der Waals surface area (Å²) in [5.74, 6) is -0.0557. The van der Waals surface area contributed by atoms with Gasteiger partial charge in [-0.05, 0) is 18.2 Å². The number of pyridine rings is 1. The Kier molecular flexibility index (Phi) is 5.22. The molecule has 3 rings (SSSR count). The van der Waals surface area contributed by atoms with Gasteiger partial charge in [0, 0.05) is 30.7 Å². The van der Waals surface area contributed by atoms with Crippen molar-refractivity contribution in [2.24, 2.45) is 0 Å². The first kappa shape index (κ1) is 17.9. The molecule has 134 valence electrons. The normalized spacial score (nSPS) is 10.9. The molecule has 0 saturated heterocycles. The number of aromatic carboxylic acids is 1. The molecule has 0 radical (unpaired) electrons. The monoisotopic (exact) mass is 369 g/mol. The highest BCUT2D eigenvalue weighted by molar-refractivity contribution is 7.09. The van der Waals surface area contributed by atoms with Gasteiger partial charge < -0.3 is 10.0 Å².